The number of hydrogen-bond acceptors (Lipinski definition) is 0. The molecule has 0 heterocycles. The zero-order chi connectivity index (χ0) is 10.9. The largest absolute Gasteiger partial charge is 0.102 e. The Morgan fingerprint density at radius 2 is 1.93 bits per heavy atom. The van der Waals surface area contributed by atoms with Gasteiger partial charge in [-0.25, -0.2) is 0 Å². The Balaban J connectivity index is 2.37. The van der Waals surface area contributed by atoms with E-state index in [1.807, 2.05) is 6.08 Å². The second kappa shape index (κ2) is 7.28. The third-order valence-corrected chi connectivity index (χ3v) is 2.66. The van der Waals surface area contributed by atoms with Crippen molar-refractivity contribution in [2.75, 3.05) is 0 Å². The maximum Gasteiger partial charge on any atom is 0.00134 e. The van der Waals surface area contributed by atoms with Crippen LogP contribution in [0.1, 0.15) is 38.2 Å². The highest BCUT2D eigenvalue weighted by Crippen LogP contribution is 2.18. The molecule has 0 atom stereocenters. The maximum atomic E-state index is 3.90. The summed E-state index contributed by atoms with van der Waals surface area (Å²) in [5.74, 6) is 1.47. The van der Waals surface area contributed by atoms with Crippen molar-refractivity contribution in [2.24, 2.45) is 0 Å². The van der Waals surface area contributed by atoms with Gasteiger partial charge >= 0.3 is 0 Å². The molecule has 0 aliphatic rings. The maximum absolute atomic E-state index is 3.90. The van der Waals surface area contributed by atoms with E-state index < -0.39 is 0 Å². The summed E-state index contributed by atoms with van der Waals surface area (Å²) in [6.07, 6.45) is 8.20. The first-order valence-corrected chi connectivity index (χ1v) is 5.88. The minimum atomic E-state index is 1.06. The summed E-state index contributed by atoms with van der Waals surface area (Å²) in [6.45, 7) is 6.14. The van der Waals surface area contributed by atoms with E-state index >= 15 is 0 Å². The Kier molecular flexibility index (Phi) is 5.84. The first kappa shape index (κ1) is 12.0. The van der Waals surface area contributed by atoms with Gasteiger partial charge in [-0.05, 0) is 18.4 Å². The first-order chi connectivity index (χ1) is 7.36. The molecule has 81 valence electrons. The third-order valence-electron chi connectivity index (χ3n) is 2.66. The van der Waals surface area contributed by atoms with Crippen LogP contribution in [0.3, 0.4) is 0 Å². The summed E-state index contributed by atoms with van der Waals surface area (Å²) in [7, 11) is 0. The predicted octanol–water partition coefficient (Wildman–Crippen LogP) is 4.57. The van der Waals surface area contributed by atoms with E-state index in [1.54, 1.807) is 0 Å². The molecule has 0 fully saturated rings. The minimum Gasteiger partial charge on any atom is -0.102 e. The van der Waals surface area contributed by atoms with Gasteiger partial charge in [0.15, 0.2) is 0 Å². The van der Waals surface area contributed by atoms with Crippen LogP contribution in [0.25, 0.3) is 0 Å². The molecule has 0 saturated carbocycles. The third kappa shape index (κ3) is 4.83. The topological polar surface area (TPSA) is 0 Å². The van der Waals surface area contributed by atoms with Crippen molar-refractivity contribution < 1.29 is 0 Å². The fourth-order valence-electron chi connectivity index (χ4n) is 1.72. The van der Waals surface area contributed by atoms with Crippen molar-refractivity contribution in [1.82, 2.24) is 0 Å². The molecular formula is C15H21. The number of benzene rings is 1. The standard InChI is InChI=1S/C15H21/c1-3-5-7-10-14(4-2)13-15-11-8-6-9-12-15/h4,6,8-9,11-12H,2-3,5,7,10,13H2,1H3. The second-order valence-electron chi connectivity index (χ2n) is 3.98. The van der Waals surface area contributed by atoms with Crippen LogP contribution in [0, 0.1) is 5.92 Å². The quantitative estimate of drug-likeness (QED) is 0.567. The molecule has 0 bridgehead atoms. The molecule has 0 saturated heterocycles. The zero-order valence-corrected chi connectivity index (χ0v) is 9.71. The molecule has 0 N–H and O–H groups in total. The Morgan fingerprint density at radius 1 is 1.20 bits per heavy atom. The molecule has 15 heavy (non-hydrogen) atoms. The van der Waals surface area contributed by atoms with Crippen molar-refractivity contribution >= 4 is 0 Å². The summed E-state index contributed by atoms with van der Waals surface area (Å²) < 4.78 is 0. The van der Waals surface area contributed by atoms with Crippen LogP contribution < -0.4 is 0 Å². The predicted molar refractivity (Wildman–Crippen MR) is 67.7 cm³/mol. The lowest BCUT2D eigenvalue weighted by Crippen LogP contribution is -1.98. The van der Waals surface area contributed by atoms with Gasteiger partial charge in [-0.2, -0.15) is 0 Å². The summed E-state index contributed by atoms with van der Waals surface area (Å²) in [4.78, 5) is 0. The number of hydrogen-bond donors (Lipinski definition) is 0. The van der Waals surface area contributed by atoms with Gasteiger partial charge in [-0.3, -0.25) is 0 Å². The molecule has 0 nitrogen and oxygen atoms in total. The normalized spacial score (nSPS) is 10.5. The summed E-state index contributed by atoms with van der Waals surface area (Å²) in [5, 5.41) is 0. The first-order valence-electron chi connectivity index (χ1n) is 5.88. The summed E-state index contributed by atoms with van der Waals surface area (Å²) in [5.41, 5.74) is 1.39. The second-order valence-corrected chi connectivity index (χ2v) is 3.98. The van der Waals surface area contributed by atoms with E-state index in [4.69, 9.17) is 0 Å². The number of allylic oxidation sites excluding steroid dienone is 1. The molecule has 0 aliphatic heterocycles. The van der Waals surface area contributed by atoms with Gasteiger partial charge in [-0.15, -0.1) is 6.58 Å². The molecule has 1 rings (SSSR count). The fraction of sp³-hybridized carbons (Fsp3) is 0.400. The average Bonchev–Trinajstić information content (AvgIpc) is 2.29. The molecule has 0 amide bonds. The van der Waals surface area contributed by atoms with Gasteiger partial charge in [0.2, 0.25) is 0 Å². The average molecular weight is 201 g/mol. The van der Waals surface area contributed by atoms with Crippen LogP contribution >= 0.6 is 0 Å². The highest BCUT2D eigenvalue weighted by atomic mass is 14.1. The van der Waals surface area contributed by atoms with Crippen LogP contribution in [0.4, 0.5) is 0 Å². The number of rotatable bonds is 7. The van der Waals surface area contributed by atoms with Crippen molar-refractivity contribution in [1.29, 1.82) is 0 Å². The molecular weight excluding hydrogens is 180 g/mol. The molecule has 1 radical (unpaired) electrons. The van der Waals surface area contributed by atoms with Crippen molar-refractivity contribution in [3.63, 3.8) is 0 Å². The minimum absolute atomic E-state index is 1.06. The van der Waals surface area contributed by atoms with Gasteiger partial charge in [0, 0.05) is 5.92 Å². The van der Waals surface area contributed by atoms with Gasteiger partial charge in [0.25, 0.3) is 0 Å². The molecule has 0 heteroatoms. The van der Waals surface area contributed by atoms with Crippen LogP contribution in [0.15, 0.2) is 43.0 Å². The van der Waals surface area contributed by atoms with Crippen LogP contribution in [-0.2, 0) is 6.42 Å². The summed E-state index contributed by atoms with van der Waals surface area (Å²) >= 11 is 0. The lowest BCUT2D eigenvalue weighted by Gasteiger charge is -2.11. The van der Waals surface area contributed by atoms with Gasteiger partial charge < -0.3 is 0 Å². The van der Waals surface area contributed by atoms with Crippen molar-refractivity contribution in [3.05, 3.63) is 54.5 Å². The Labute approximate surface area is 94.0 Å². The van der Waals surface area contributed by atoms with Crippen LogP contribution in [0.2, 0.25) is 0 Å². The lowest BCUT2D eigenvalue weighted by molar-refractivity contribution is 0.676. The highest BCUT2D eigenvalue weighted by molar-refractivity contribution is 5.22. The monoisotopic (exact) mass is 201 g/mol. The SMILES string of the molecule is C=C[C](CCCCC)Cc1ccccc1. The lowest BCUT2D eigenvalue weighted by atomic mass is 9.94. The van der Waals surface area contributed by atoms with Gasteiger partial charge in [-0.1, -0.05) is 62.6 Å². The van der Waals surface area contributed by atoms with E-state index in [9.17, 15) is 0 Å². The molecule has 0 spiro atoms. The smallest absolute Gasteiger partial charge is 0.00134 e. The van der Waals surface area contributed by atoms with E-state index in [1.165, 1.54) is 37.2 Å². The Bertz CT molecular complexity index is 261. The van der Waals surface area contributed by atoms with E-state index in [0.717, 1.165) is 6.42 Å². The highest BCUT2D eigenvalue weighted by Gasteiger charge is 2.05. The van der Waals surface area contributed by atoms with E-state index in [2.05, 4.69) is 43.8 Å². The van der Waals surface area contributed by atoms with E-state index in [0.29, 0.717) is 0 Å². The summed E-state index contributed by atoms with van der Waals surface area (Å²) in [6, 6.07) is 10.6. The fourth-order valence-corrected chi connectivity index (χ4v) is 1.72. The Morgan fingerprint density at radius 3 is 2.53 bits per heavy atom. The number of unbranched alkanes of at least 4 members (excludes halogenated alkanes) is 2. The zero-order valence-electron chi connectivity index (χ0n) is 9.71. The van der Waals surface area contributed by atoms with Gasteiger partial charge in [0.1, 0.15) is 0 Å². The molecule has 0 aliphatic carbocycles. The molecule has 1 aromatic rings. The van der Waals surface area contributed by atoms with Crippen LogP contribution in [-0.4, -0.2) is 0 Å². The molecule has 0 aromatic heterocycles. The van der Waals surface area contributed by atoms with Crippen LogP contribution in [0.5, 0.6) is 0 Å². The van der Waals surface area contributed by atoms with Crippen molar-refractivity contribution in [2.45, 2.75) is 39.0 Å². The van der Waals surface area contributed by atoms with E-state index in [-0.39, 0.29) is 0 Å². The molecule has 0 unspecified atom stereocenters. The Hall–Kier alpha value is -1.04. The van der Waals surface area contributed by atoms with Crippen molar-refractivity contribution in [3.8, 4) is 0 Å². The van der Waals surface area contributed by atoms with Gasteiger partial charge in [0.05, 0.1) is 0 Å². The molecule has 1 aromatic carbocycles.